The number of nitrogens with zero attached hydrogens (tertiary/aromatic N) is 1. The number of amides is 1. The smallest absolute Gasteiger partial charge is 0.410 e. The summed E-state index contributed by atoms with van der Waals surface area (Å²) >= 11 is 0. The predicted octanol–water partition coefficient (Wildman–Crippen LogP) is 0.224. The summed E-state index contributed by atoms with van der Waals surface area (Å²) in [6, 6.07) is 7.90. The minimum absolute atomic E-state index is 0.00394. The van der Waals surface area contributed by atoms with Crippen LogP contribution in [0.5, 0.6) is 0 Å². The van der Waals surface area contributed by atoms with Crippen LogP contribution in [0, 0.1) is 0 Å². The number of rotatable bonds is 5. The Balaban J connectivity index is 2.14. The maximum Gasteiger partial charge on any atom is 0.410 e. The summed E-state index contributed by atoms with van der Waals surface area (Å²) in [5, 5.41) is 20.1. The first kappa shape index (κ1) is 20.7. The van der Waals surface area contributed by atoms with Crippen LogP contribution in [0.2, 0.25) is 0 Å². The molecule has 1 fully saturated rings. The average Bonchev–Trinajstić information content (AvgIpc) is 2.62. The van der Waals surface area contributed by atoms with E-state index in [1.807, 2.05) is 6.07 Å². The lowest BCUT2D eigenvalue weighted by Gasteiger charge is -2.44. The Morgan fingerprint density at radius 2 is 1.74 bits per heavy atom. The number of piperidine rings is 1. The molecular formula is C18H23NO8. The summed E-state index contributed by atoms with van der Waals surface area (Å²) in [7, 11) is 0. The lowest BCUT2D eigenvalue weighted by Crippen LogP contribution is -2.65. The molecule has 0 spiro atoms. The van der Waals surface area contributed by atoms with Crippen molar-refractivity contribution < 1.29 is 38.8 Å². The molecule has 4 atom stereocenters. The fourth-order valence-electron chi connectivity index (χ4n) is 2.93. The van der Waals surface area contributed by atoms with E-state index in [-0.39, 0.29) is 13.2 Å². The van der Waals surface area contributed by atoms with Gasteiger partial charge < -0.3 is 24.4 Å². The van der Waals surface area contributed by atoms with Gasteiger partial charge in [0.25, 0.3) is 0 Å². The number of ether oxygens (including phenoxy) is 3. The molecule has 9 nitrogen and oxygen atoms in total. The van der Waals surface area contributed by atoms with E-state index in [9.17, 15) is 24.6 Å². The Bertz CT molecular complexity index is 665. The average molecular weight is 381 g/mol. The maximum absolute atomic E-state index is 12.5. The minimum Gasteiger partial charge on any atom is -0.457 e. The fourth-order valence-corrected chi connectivity index (χ4v) is 2.93. The van der Waals surface area contributed by atoms with Gasteiger partial charge in [-0.3, -0.25) is 14.5 Å². The van der Waals surface area contributed by atoms with Gasteiger partial charge >= 0.3 is 18.0 Å². The molecule has 1 aliphatic heterocycles. The molecule has 148 valence electrons. The lowest BCUT2D eigenvalue weighted by molar-refractivity contribution is -0.193. The van der Waals surface area contributed by atoms with Gasteiger partial charge in [0.05, 0.1) is 19.2 Å². The summed E-state index contributed by atoms with van der Waals surface area (Å²) in [5.74, 6) is -1.35. The molecule has 27 heavy (non-hydrogen) atoms. The van der Waals surface area contributed by atoms with Crippen molar-refractivity contribution in [2.24, 2.45) is 0 Å². The zero-order valence-electron chi connectivity index (χ0n) is 15.1. The number of esters is 2. The molecule has 1 aromatic carbocycles. The molecule has 1 heterocycles. The van der Waals surface area contributed by atoms with Crippen LogP contribution < -0.4 is 0 Å². The molecular weight excluding hydrogens is 358 g/mol. The van der Waals surface area contributed by atoms with E-state index in [1.165, 1.54) is 0 Å². The first-order chi connectivity index (χ1) is 12.8. The second-order valence-corrected chi connectivity index (χ2v) is 6.15. The highest BCUT2D eigenvalue weighted by molar-refractivity contribution is 5.70. The molecule has 1 saturated heterocycles. The van der Waals surface area contributed by atoms with Gasteiger partial charge in [0.15, 0.2) is 12.2 Å². The SMILES string of the molecule is CC(=O)O[C@H]1[C@H](O)[C@@H](CO)N(C(=O)OCc2ccccc2)C[C@@H]1OC(C)=O. The van der Waals surface area contributed by atoms with Crippen LogP contribution in [0.4, 0.5) is 4.79 Å². The van der Waals surface area contributed by atoms with E-state index in [2.05, 4.69) is 0 Å². The van der Waals surface area contributed by atoms with Crippen molar-refractivity contribution in [1.29, 1.82) is 0 Å². The van der Waals surface area contributed by atoms with E-state index in [0.29, 0.717) is 0 Å². The molecule has 1 amide bonds. The topological polar surface area (TPSA) is 123 Å². The van der Waals surface area contributed by atoms with Crippen molar-refractivity contribution in [3.8, 4) is 0 Å². The van der Waals surface area contributed by atoms with Gasteiger partial charge in [-0.15, -0.1) is 0 Å². The van der Waals surface area contributed by atoms with Crippen LogP contribution in [0.25, 0.3) is 0 Å². The molecule has 0 aromatic heterocycles. The van der Waals surface area contributed by atoms with Crippen molar-refractivity contribution in [1.82, 2.24) is 4.90 Å². The Morgan fingerprint density at radius 1 is 1.11 bits per heavy atom. The van der Waals surface area contributed by atoms with Crippen molar-refractivity contribution in [3.05, 3.63) is 35.9 Å². The molecule has 1 aliphatic rings. The number of aliphatic hydroxyl groups excluding tert-OH is 2. The Hall–Kier alpha value is -2.65. The summed E-state index contributed by atoms with van der Waals surface area (Å²) in [5.41, 5.74) is 0.762. The maximum atomic E-state index is 12.5. The van der Waals surface area contributed by atoms with Crippen LogP contribution in [0.1, 0.15) is 19.4 Å². The van der Waals surface area contributed by atoms with Gasteiger partial charge in [0.2, 0.25) is 0 Å². The molecule has 0 radical (unpaired) electrons. The summed E-state index contributed by atoms with van der Waals surface area (Å²) in [6.45, 7) is 1.51. The summed E-state index contributed by atoms with van der Waals surface area (Å²) < 4.78 is 15.4. The number of likely N-dealkylation sites (tertiary alicyclic amines) is 1. The van der Waals surface area contributed by atoms with E-state index < -0.39 is 49.0 Å². The molecule has 0 aliphatic carbocycles. The zero-order valence-corrected chi connectivity index (χ0v) is 15.1. The van der Waals surface area contributed by atoms with Crippen LogP contribution in [-0.4, -0.2) is 70.7 Å². The third-order valence-electron chi connectivity index (χ3n) is 4.12. The molecule has 0 saturated carbocycles. The normalized spacial score (nSPS) is 24.8. The number of hydrogen-bond acceptors (Lipinski definition) is 8. The Labute approximate surface area is 156 Å². The monoisotopic (exact) mass is 381 g/mol. The molecule has 1 aromatic rings. The van der Waals surface area contributed by atoms with Gasteiger partial charge in [0.1, 0.15) is 12.7 Å². The van der Waals surface area contributed by atoms with Crippen molar-refractivity contribution in [2.75, 3.05) is 13.2 Å². The third kappa shape index (κ3) is 5.41. The summed E-state index contributed by atoms with van der Waals surface area (Å²) in [6.07, 6.45) is -4.55. The second-order valence-electron chi connectivity index (χ2n) is 6.15. The predicted molar refractivity (Wildman–Crippen MR) is 91.3 cm³/mol. The highest BCUT2D eigenvalue weighted by atomic mass is 16.6. The van der Waals surface area contributed by atoms with E-state index in [1.54, 1.807) is 24.3 Å². The van der Waals surface area contributed by atoms with Crippen molar-refractivity contribution in [2.45, 2.75) is 44.8 Å². The standard InChI is InChI=1S/C18H23NO8/c1-11(21)26-15-8-19(14(9-20)16(23)17(15)27-12(2)22)18(24)25-10-13-6-4-3-5-7-13/h3-7,14-17,20,23H,8-10H2,1-2H3/t14-,15+,16-,17-/m1/s1. The van der Waals surface area contributed by atoms with Crippen LogP contribution in [0.3, 0.4) is 0 Å². The van der Waals surface area contributed by atoms with Gasteiger partial charge in [-0.05, 0) is 5.56 Å². The largest absolute Gasteiger partial charge is 0.457 e. The Morgan fingerprint density at radius 3 is 2.30 bits per heavy atom. The molecule has 0 bridgehead atoms. The highest BCUT2D eigenvalue weighted by Gasteiger charge is 2.48. The lowest BCUT2D eigenvalue weighted by atomic mass is 9.94. The zero-order chi connectivity index (χ0) is 20.0. The second kappa shape index (κ2) is 9.33. The third-order valence-corrected chi connectivity index (χ3v) is 4.12. The number of aliphatic hydroxyl groups is 2. The Kier molecular flexibility index (Phi) is 7.14. The quantitative estimate of drug-likeness (QED) is 0.549. The van der Waals surface area contributed by atoms with Crippen LogP contribution in [0.15, 0.2) is 30.3 Å². The molecule has 2 N–H and O–H groups in total. The van der Waals surface area contributed by atoms with Crippen molar-refractivity contribution >= 4 is 18.0 Å². The minimum atomic E-state index is -1.46. The van der Waals surface area contributed by atoms with Gasteiger partial charge in [0, 0.05) is 13.8 Å². The highest BCUT2D eigenvalue weighted by Crippen LogP contribution is 2.25. The molecule has 0 unspecified atom stereocenters. The van der Waals surface area contributed by atoms with E-state index in [0.717, 1.165) is 24.3 Å². The number of benzene rings is 1. The number of carbonyl (C=O) groups is 3. The van der Waals surface area contributed by atoms with Crippen molar-refractivity contribution in [3.63, 3.8) is 0 Å². The molecule has 9 heteroatoms. The summed E-state index contributed by atoms with van der Waals surface area (Å²) in [4.78, 5) is 36.2. The van der Waals surface area contributed by atoms with E-state index in [4.69, 9.17) is 14.2 Å². The fraction of sp³-hybridized carbons (Fsp3) is 0.500. The van der Waals surface area contributed by atoms with Gasteiger partial charge in [-0.1, -0.05) is 30.3 Å². The van der Waals surface area contributed by atoms with Crippen LogP contribution in [-0.2, 0) is 30.4 Å². The van der Waals surface area contributed by atoms with Gasteiger partial charge in [-0.25, -0.2) is 4.79 Å². The van der Waals surface area contributed by atoms with Crippen LogP contribution >= 0.6 is 0 Å². The number of carbonyl (C=O) groups excluding carboxylic acids is 3. The molecule has 2 rings (SSSR count). The first-order valence-electron chi connectivity index (χ1n) is 8.44. The van der Waals surface area contributed by atoms with E-state index >= 15 is 0 Å². The number of hydrogen-bond donors (Lipinski definition) is 2. The van der Waals surface area contributed by atoms with Gasteiger partial charge in [-0.2, -0.15) is 0 Å². The first-order valence-corrected chi connectivity index (χ1v) is 8.44.